The maximum atomic E-state index is 11.6. The summed E-state index contributed by atoms with van der Waals surface area (Å²) in [6.07, 6.45) is 1.90. The van der Waals surface area contributed by atoms with Crippen molar-refractivity contribution in [1.29, 1.82) is 0 Å². The van der Waals surface area contributed by atoms with E-state index in [0.717, 1.165) is 0 Å². The highest BCUT2D eigenvalue weighted by atomic mass is 79.9. The van der Waals surface area contributed by atoms with Gasteiger partial charge >= 0.3 is 0 Å². The Morgan fingerprint density at radius 3 is 2.93 bits per heavy atom. The van der Waals surface area contributed by atoms with Gasteiger partial charge in [-0.3, -0.25) is 9.69 Å². The van der Waals surface area contributed by atoms with Crippen LogP contribution in [0.5, 0.6) is 0 Å². The quantitative estimate of drug-likeness (QED) is 0.727. The third kappa shape index (κ3) is 2.32. The lowest BCUT2D eigenvalue weighted by Gasteiger charge is -2.15. The van der Waals surface area contributed by atoms with Crippen molar-refractivity contribution in [3.05, 3.63) is 16.0 Å². The molecule has 1 aliphatic heterocycles. The van der Waals surface area contributed by atoms with Crippen molar-refractivity contribution in [3.63, 3.8) is 0 Å². The van der Waals surface area contributed by atoms with Crippen LogP contribution in [0.3, 0.4) is 0 Å². The number of carbonyl (C=O) groups is 1. The molecule has 1 atom stereocenters. The number of rotatable bonds is 1. The third-order valence-electron chi connectivity index (χ3n) is 2.02. The van der Waals surface area contributed by atoms with Crippen LogP contribution in [0, 0.1) is 0 Å². The molecule has 1 unspecified atom stereocenters. The minimum Gasteiger partial charge on any atom is -0.293 e. The Morgan fingerprint density at radius 2 is 2.33 bits per heavy atom. The predicted molar refractivity (Wildman–Crippen MR) is 64.4 cm³/mol. The van der Waals surface area contributed by atoms with Crippen LogP contribution in [-0.2, 0) is 4.79 Å². The lowest BCUT2D eigenvalue weighted by molar-refractivity contribution is -0.117. The predicted octanol–water partition coefficient (Wildman–Crippen LogP) is 2.39. The maximum absolute atomic E-state index is 11.6. The highest BCUT2D eigenvalue weighted by molar-refractivity contribution is 9.10. The molecule has 4 nitrogen and oxygen atoms in total. The van der Waals surface area contributed by atoms with Crippen LogP contribution in [0.15, 0.2) is 10.8 Å². The summed E-state index contributed by atoms with van der Waals surface area (Å²) in [5, 5.41) is 0.277. The van der Waals surface area contributed by atoms with Crippen LogP contribution in [0.4, 0.5) is 5.82 Å². The van der Waals surface area contributed by atoms with Crippen molar-refractivity contribution in [2.75, 3.05) is 11.4 Å². The second kappa shape index (κ2) is 4.35. The van der Waals surface area contributed by atoms with Gasteiger partial charge in [0.05, 0.1) is 6.20 Å². The summed E-state index contributed by atoms with van der Waals surface area (Å²) in [7, 11) is 0. The Bertz CT molecular complexity index is 415. The Kier molecular flexibility index (Phi) is 3.27. The van der Waals surface area contributed by atoms with Crippen molar-refractivity contribution >= 4 is 55.2 Å². The van der Waals surface area contributed by atoms with E-state index in [9.17, 15) is 4.79 Å². The second-order valence-electron chi connectivity index (χ2n) is 3.11. The van der Waals surface area contributed by atoms with Gasteiger partial charge in [-0.1, -0.05) is 27.5 Å². The van der Waals surface area contributed by atoms with Crippen molar-refractivity contribution < 1.29 is 4.79 Å². The molecule has 2 rings (SSSR count). The fourth-order valence-corrected chi connectivity index (χ4v) is 2.48. The fourth-order valence-electron chi connectivity index (χ4n) is 1.38. The molecular weight excluding hydrogens is 349 g/mol. The molecule has 2 heterocycles. The van der Waals surface area contributed by atoms with Crippen LogP contribution in [0.25, 0.3) is 0 Å². The molecule has 1 amide bonds. The standard InChI is InChI=1S/C8H6Br2ClN3O/c9-4-1-6(15)14(3-4)8-7(10)12-2-5(11)13-8/h2,4H,1,3H2. The van der Waals surface area contributed by atoms with E-state index in [1.165, 1.54) is 6.20 Å². The van der Waals surface area contributed by atoms with E-state index in [2.05, 4.69) is 41.8 Å². The molecule has 0 bridgehead atoms. The zero-order valence-electron chi connectivity index (χ0n) is 7.45. The first-order chi connectivity index (χ1) is 7.08. The van der Waals surface area contributed by atoms with Crippen molar-refractivity contribution in [1.82, 2.24) is 9.97 Å². The van der Waals surface area contributed by atoms with Gasteiger partial charge in [-0.15, -0.1) is 0 Å². The molecule has 15 heavy (non-hydrogen) atoms. The smallest absolute Gasteiger partial charge is 0.229 e. The van der Waals surface area contributed by atoms with Gasteiger partial charge in [0.15, 0.2) is 5.82 Å². The summed E-state index contributed by atoms with van der Waals surface area (Å²) < 4.78 is 0.529. The Balaban J connectivity index is 2.37. The first-order valence-electron chi connectivity index (χ1n) is 4.20. The molecule has 0 aliphatic carbocycles. The van der Waals surface area contributed by atoms with Gasteiger partial charge in [0, 0.05) is 17.8 Å². The monoisotopic (exact) mass is 353 g/mol. The first kappa shape index (κ1) is 11.3. The minimum atomic E-state index is 0.0224. The van der Waals surface area contributed by atoms with Gasteiger partial charge in [0.1, 0.15) is 9.76 Å². The summed E-state index contributed by atoms with van der Waals surface area (Å²) in [6, 6.07) is 0. The molecule has 80 valence electrons. The Hall–Kier alpha value is -0.200. The van der Waals surface area contributed by atoms with Crippen molar-refractivity contribution in [3.8, 4) is 0 Å². The summed E-state index contributed by atoms with van der Waals surface area (Å²) in [6.45, 7) is 0.590. The highest BCUT2D eigenvalue weighted by Crippen LogP contribution is 2.29. The molecular formula is C8H6Br2ClN3O. The number of carbonyl (C=O) groups excluding carboxylic acids is 1. The average molecular weight is 355 g/mol. The van der Waals surface area contributed by atoms with E-state index >= 15 is 0 Å². The molecule has 0 aromatic carbocycles. The maximum Gasteiger partial charge on any atom is 0.229 e. The van der Waals surface area contributed by atoms with Crippen LogP contribution in [0.2, 0.25) is 5.15 Å². The Morgan fingerprint density at radius 1 is 1.60 bits per heavy atom. The number of aromatic nitrogens is 2. The minimum absolute atomic E-state index is 0.0224. The van der Waals surface area contributed by atoms with Gasteiger partial charge in [-0.25, -0.2) is 9.97 Å². The van der Waals surface area contributed by atoms with Crippen molar-refractivity contribution in [2.24, 2.45) is 0 Å². The van der Waals surface area contributed by atoms with Gasteiger partial charge in [-0.2, -0.15) is 0 Å². The summed E-state index contributed by atoms with van der Waals surface area (Å²) in [5.41, 5.74) is 0. The van der Waals surface area contributed by atoms with E-state index in [1.807, 2.05) is 0 Å². The Labute approximate surface area is 108 Å². The molecule has 0 N–H and O–H groups in total. The molecule has 7 heteroatoms. The molecule has 1 aromatic rings. The van der Waals surface area contributed by atoms with Gasteiger partial charge < -0.3 is 0 Å². The average Bonchev–Trinajstić information content (AvgIpc) is 2.50. The SMILES string of the molecule is O=C1CC(Br)CN1c1nc(Cl)cnc1Br. The largest absolute Gasteiger partial charge is 0.293 e. The molecule has 0 spiro atoms. The van der Waals surface area contributed by atoms with E-state index in [-0.39, 0.29) is 15.9 Å². The number of hydrogen-bond donors (Lipinski definition) is 0. The molecule has 1 aliphatic rings. The third-order valence-corrected chi connectivity index (χ3v) is 3.37. The number of nitrogens with zero attached hydrogens (tertiary/aromatic N) is 3. The van der Waals surface area contributed by atoms with Gasteiger partial charge in [-0.05, 0) is 15.9 Å². The zero-order valence-corrected chi connectivity index (χ0v) is 11.4. The molecule has 1 saturated heterocycles. The highest BCUT2D eigenvalue weighted by Gasteiger charge is 2.31. The van der Waals surface area contributed by atoms with E-state index in [1.54, 1.807) is 4.90 Å². The second-order valence-corrected chi connectivity index (χ2v) is 5.55. The van der Waals surface area contributed by atoms with Gasteiger partial charge in [0.25, 0.3) is 0 Å². The topological polar surface area (TPSA) is 46.1 Å². The number of anilines is 1. The van der Waals surface area contributed by atoms with Crippen LogP contribution in [0.1, 0.15) is 6.42 Å². The van der Waals surface area contributed by atoms with E-state index < -0.39 is 0 Å². The zero-order chi connectivity index (χ0) is 11.0. The van der Waals surface area contributed by atoms with Crippen LogP contribution < -0.4 is 4.90 Å². The molecule has 1 aromatic heterocycles. The summed E-state index contributed by atoms with van der Waals surface area (Å²) in [4.78, 5) is 21.4. The lowest BCUT2D eigenvalue weighted by atomic mass is 10.4. The molecule has 0 radical (unpaired) electrons. The van der Waals surface area contributed by atoms with E-state index in [4.69, 9.17) is 11.6 Å². The van der Waals surface area contributed by atoms with Gasteiger partial charge in [0.2, 0.25) is 5.91 Å². The number of amides is 1. The van der Waals surface area contributed by atoms with Crippen LogP contribution >= 0.6 is 43.5 Å². The molecule has 1 fully saturated rings. The fraction of sp³-hybridized carbons (Fsp3) is 0.375. The lowest BCUT2D eigenvalue weighted by Crippen LogP contribution is -2.26. The van der Waals surface area contributed by atoms with E-state index in [0.29, 0.717) is 23.4 Å². The first-order valence-corrected chi connectivity index (χ1v) is 6.29. The summed E-state index contributed by atoms with van der Waals surface area (Å²) >= 11 is 12.4. The normalized spacial score (nSPS) is 21.1. The van der Waals surface area contributed by atoms with Crippen molar-refractivity contribution in [2.45, 2.75) is 11.2 Å². The number of hydrogen-bond acceptors (Lipinski definition) is 3. The van der Waals surface area contributed by atoms with Crippen LogP contribution in [-0.4, -0.2) is 27.2 Å². The number of halogens is 3. The summed E-state index contributed by atoms with van der Waals surface area (Å²) in [5.74, 6) is 0.503. The molecule has 0 saturated carbocycles. The number of alkyl halides is 1.